The number of aromatic hydroxyl groups is 1. The molecular formula is C14H19O3P. The summed E-state index contributed by atoms with van der Waals surface area (Å²) in [5, 5.41) is 10.0. The van der Waals surface area contributed by atoms with Crippen LogP contribution in [0.2, 0.25) is 0 Å². The highest BCUT2D eigenvalue weighted by Gasteiger charge is 2.25. The Morgan fingerprint density at radius 2 is 2.06 bits per heavy atom. The summed E-state index contributed by atoms with van der Waals surface area (Å²) in [6.45, 7) is 4.14. The van der Waals surface area contributed by atoms with Crippen molar-refractivity contribution in [2.45, 2.75) is 33.1 Å². The first kappa shape index (κ1) is 14.8. The van der Waals surface area contributed by atoms with E-state index in [1.807, 2.05) is 0 Å². The maximum atomic E-state index is 12.6. The Morgan fingerprint density at radius 1 is 1.33 bits per heavy atom. The second kappa shape index (κ2) is 7.26. The summed E-state index contributed by atoms with van der Waals surface area (Å²) in [6, 6.07) is 6.49. The zero-order valence-corrected chi connectivity index (χ0v) is 11.7. The smallest absolute Gasteiger partial charge is 0.306 e. The zero-order chi connectivity index (χ0) is 13.4. The van der Waals surface area contributed by atoms with Crippen molar-refractivity contribution in [3.05, 3.63) is 24.3 Å². The van der Waals surface area contributed by atoms with Gasteiger partial charge in [-0.15, -0.1) is 0 Å². The summed E-state index contributed by atoms with van der Waals surface area (Å²) in [4.78, 5) is 0. The molecule has 1 aromatic rings. The third kappa shape index (κ3) is 3.91. The molecule has 1 N–H and O–H groups in total. The van der Waals surface area contributed by atoms with Crippen LogP contribution < -0.4 is 5.30 Å². The molecule has 0 aromatic heterocycles. The van der Waals surface area contributed by atoms with Gasteiger partial charge in [0.15, 0.2) is 0 Å². The van der Waals surface area contributed by atoms with Gasteiger partial charge in [-0.05, 0) is 31.1 Å². The van der Waals surface area contributed by atoms with Crippen molar-refractivity contribution in [2.24, 2.45) is 0 Å². The van der Waals surface area contributed by atoms with Crippen molar-refractivity contribution in [2.75, 3.05) is 6.61 Å². The van der Waals surface area contributed by atoms with Crippen LogP contribution in [0.3, 0.4) is 0 Å². The largest absolute Gasteiger partial charge is 0.507 e. The topological polar surface area (TPSA) is 46.5 Å². The minimum absolute atomic E-state index is 0.0286. The lowest BCUT2D eigenvalue weighted by Crippen LogP contribution is -2.06. The molecule has 98 valence electrons. The standard InChI is InChI=1S/C14H19O3P/c1-3-5-6-9-12-18(16,17-4-2)14-11-8-7-10-13(14)15/h7-8,10-11,15H,3-6H2,1-2H3. The minimum atomic E-state index is -3.26. The Hall–Kier alpha value is -1.23. The van der Waals surface area contributed by atoms with E-state index in [-0.39, 0.29) is 11.1 Å². The highest BCUT2D eigenvalue weighted by molar-refractivity contribution is 7.72. The number of phenolic OH excluding ortho intramolecular Hbond substituents is 1. The Kier molecular flexibility index (Phi) is 5.98. The number of hydrogen-bond donors (Lipinski definition) is 1. The maximum Gasteiger partial charge on any atom is 0.306 e. The molecule has 0 heterocycles. The minimum Gasteiger partial charge on any atom is -0.507 e. The molecule has 0 aliphatic rings. The third-order valence-electron chi connectivity index (χ3n) is 2.39. The number of benzene rings is 1. The molecule has 0 fully saturated rings. The maximum absolute atomic E-state index is 12.6. The van der Waals surface area contributed by atoms with Crippen molar-refractivity contribution in [1.82, 2.24) is 0 Å². The highest BCUT2D eigenvalue weighted by atomic mass is 31.2. The predicted octanol–water partition coefficient (Wildman–Crippen LogP) is 3.48. The van der Waals surface area contributed by atoms with Gasteiger partial charge >= 0.3 is 7.37 Å². The fraction of sp³-hybridized carbons (Fsp3) is 0.429. The van der Waals surface area contributed by atoms with Gasteiger partial charge in [0.1, 0.15) is 5.75 Å². The van der Waals surface area contributed by atoms with Gasteiger partial charge in [-0.1, -0.05) is 31.4 Å². The molecule has 1 atom stereocenters. The van der Waals surface area contributed by atoms with E-state index >= 15 is 0 Å². The Labute approximate surface area is 109 Å². The lowest BCUT2D eigenvalue weighted by atomic mass is 10.3. The summed E-state index contributed by atoms with van der Waals surface area (Å²) in [6.07, 6.45) is 2.71. The lowest BCUT2D eigenvalue weighted by molar-refractivity contribution is 0.347. The molecular weight excluding hydrogens is 247 g/mol. The molecule has 0 saturated heterocycles. The average Bonchev–Trinajstić information content (AvgIpc) is 2.35. The molecule has 4 heteroatoms. The van der Waals surface area contributed by atoms with E-state index in [0.717, 1.165) is 12.8 Å². The van der Waals surface area contributed by atoms with Crippen LogP contribution >= 0.6 is 7.37 Å². The molecule has 18 heavy (non-hydrogen) atoms. The van der Waals surface area contributed by atoms with Gasteiger partial charge < -0.3 is 9.63 Å². The van der Waals surface area contributed by atoms with Crippen LogP contribution in [0.5, 0.6) is 5.75 Å². The number of unbranched alkanes of at least 4 members (excludes halogenated alkanes) is 2. The quantitative estimate of drug-likeness (QED) is 0.504. The molecule has 3 nitrogen and oxygen atoms in total. The first-order chi connectivity index (χ1) is 8.64. The van der Waals surface area contributed by atoms with E-state index in [4.69, 9.17) is 4.52 Å². The summed E-state index contributed by atoms with van der Waals surface area (Å²) < 4.78 is 17.9. The number of para-hydroxylation sites is 1. The molecule has 0 radical (unpaired) electrons. The van der Waals surface area contributed by atoms with E-state index in [2.05, 4.69) is 18.5 Å². The molecule has 0 spiro atoms. The molecule has 0 saturated carbocycles. The number of phenols is 1. The van der Waals surface area contributed by atoms with E-state index in [1.165, 1.54) is 6.07 Å². The average molecular weight is 266 g/mol. The van der Waals surface area contributed by atoms with Gasteiger partial charge in [-0.3, -0.25) is 4.57 Å². The van der Waals surface area contributed by atoms with Gasteiger partial charge in [0, 0.05) is 6.42 Å². The third-order valence-corrected chi connectivity index (χ3v) is 4.48. The summed E-state index contributed by atoms with van der Waals surface area (Å²) >= 11 is 0. The van der Waals surface area contributed by atoms with Gasteiger partial charge in [0.25, 0.3) is 0 Å². The SMILES string of the molecule is CCCCC#CP(=O)(OCC)c1ccccc1O. The van der Waals surface area contributed by atoms with Crippen LogP contribution in [0.4, 0.5) is 0 Å². The first-order valence-electron chi connectivity index (χ1n) is 6.17. The van der Waals surface area contributed by atoms with Crippen LogP contribution in [0, 0.1) is 11.6 Å². The van der Waals surface area contributed by atoms with Crippen molar-refractivity contribution in [3.63, 3.8) is 0 Å². The van der Waals surface area contributed by atoms with Crippen LogP contribution in [-0.4, -0.2) is 11.7 Å². The van der Waals surface area contributed by atoms with E-state index in [1.54, 1.807) is 25.1 Å². The van der Waals surface area contributed by atoms with Gasteiger partial charge in [-0.2, -0.15) is 0 Å². The second-order valence-corrected chi connectivity index (χ2v) is 5.92. The first-order valence-corrected chi connectivity index (χ1v) is 7.79. The van der Waals surface area contributed by atoms with Crippen molar-refractivity contribution >= 4 is 12.7 Å². The Morgan fingerprint density at radius 3 is 2.67 bits per heavy atom. The molecule has 1 aromatic carbocycles. The van der Waals surface area contributed by atoms with Crippen LogP contribution in [0.25, 0.3) is 0 Å². The van der Waals surface area contributed by atoms with Crippen LogP contribution in [-0.2, 0) is 9.09 Å². The normalized spacial score (nSPS) is 13.4. The summed E-state index contributed by atoms with van der Waals surface area (Å²) in [7, 11) is -3.26. The fourth-order valence-electron chi connectivity index (χ4n) is 1.48. The summed E-state index contributed by atoms with van der Waals surface area (Å²) in [5.74, 6) is 2.86. The fourth-order valence-corrected chi connectivity index (χ4v) is 3.15. The molecule has 0 bridgehead atoms. The van der Waals surface area contributed by atoms with Crippen molar-refractivity contribution in [3.8, 4) is 17.3 Å². The van der Waals surface area contributed by atoms with Crippen LogP contribution in [0.1, 0.15) is 33.1 Å². The van der Waals surface area contributed by atoms with Gasteiger partial charge in [-0.25, -0.2) is 0 Å². The van der Waals surface area contributed by atoms with E-state index in [0.29, 0.717) is 13.0 Å². The van der Waals surface area contributed by atoms with Crippen molar-refractivity contribution < 1.29 is 14.2 Å². The molecule has 0 aliphatic heterocycles. The highest BCUT2D eigenvalue weighted by Crippen LogP contribution is 2.46. The van der Waals surface area contributed by atoms with Gasteiger partial charge in [0.2, 0.25) is 0 Å². The number of hydrogen-bond acceptors (Lipinski definition) is 3. The molecule has 1 rings (SSSR count). The van der Waals surface area contributed by atoms with Crippen molar-refractivity contribution in [1.29, 1.82) is 0 Å². The van der Waals surface area contributed by atoms with E-state index in [9.17, 15) is 9.67 Å². The predicted molar refractivity (Wildman–Crippen MR) is 74.3 cm³/mol. The summed E-state index contributed by atoms with van der Waals surface area (Å²) in [5.41, 5.74) is 2.71. The molecule has 1 unspecified atom stereocenters. The van der Waals surface area contributed by atoms with Gasteiger partial charge in [0.05, 0.1) is 11.9 Å². The lowest BCUT2D eigenvalue weighted by Gasteiger charge is -2.12. The second-order valence-electron chi connectivity index (χ2n) is 3.85. The zero-order valence-electron chi connectivity index (χ0n) is 10.8. The molecule has 0 aliphatic carbocycles. The number of rotatable bonds is 5. The van der Waals surface area contributed by atoms with E-state index < -0.39 is 7.37 Å². The Bertz CT molecular complexity index is 485. The monoisotopic (exact) mass is 266 g/mol. The van der Waals surface area contributed by atoms with Crippen LogP contribution in [0.15, 0.2) is 24.3 Å². The Balaban J connectivity index is 3.03. The molecule has 0 amide bonds.